The van der Waals surface area contributed by atoms with Crippen molar-refractivity contribution in [1.29, 1.82) is 0 Å². The van der Waals surface area contributed by atoms with E-state index in [1.807, 2.05) is 30.3 Å². The van der Waals surface area contributed by atoms with E-state index in [1.165, 1.54) is 6.07 Å². The fraction of sp³-hybridized carbons (Fsp3) is 0.167. The van der Waals surface area contributed by atoms with Gasteiger partial charge in [-0.3, -0.25) is 9.36 Å². The summed E-state index contributed by atoms with van der Waals surface area (Å²) in [5, 5.41) is 0. The monoisotopic (exact) mass is 213 g/mol. The molecule has 2 heterocycles. The highest BCUT2D eigenvalue weighted by Gasteiger charge is 2.21. The maximum absolute atomic E-state index is 11.6. The fourth-order valence-corrected chi connectivity index (χ4v) is 2.00. The Bertz CT molecular complexity index is 562. The molecule has 0 saturated heterocycles. The Morgan fingerprint density at radius 2 is 1.88 bits per heavy atom. The SMILES string of the molecule is O=c1ccnc2n1CCN2c1ccccc1. The van der Waals surface area contributed by atoms with E-state index in [1.54, 1.807) is 10.8 Å². The molecule has 0 unspecified atom stereocenters. The molecule has 1 aromatic carbocycles. The van der Waals surface area contributed by atoms with Gasteiger partial charge in [-0.2, -0.15) is 0 Å². The second-order valence-electron chi connectivity index (χ2n) is 3.72. The zero-order valence-electron chi connectivity index (χ0n) is 8.71. The largest absolute Gasteiger partial charge is 0.310 e. The van der Waals surface area contributed by atoms with Crippen molar-refractivity contribution in [3.05, 3.63) is 52.9 Å². The van der Waals surface area contributed by atoms with Crippen LogP contribution in [-0.4, -0.2) is 16.1 Å². The molecular weight excluding hydrogens is 202 g/mol. The maximum atomic E-state index is 11.6. The van der Waals surface area contributed by atoms with Crippen LogP contribution in [0.2, 0.25) is 0 Å². The summed E-state index contributed by atoms with van der Waals surface area (Å²) in [6, 6.07) is 11.5. The molecule has 2 aromatic rings. The predicted octanol–water partition coefficient (Wildman–Crippen LogP) is 1.40. The van der Waals surface area contributed by atoms with Gasteiger partial charge in [-0.25, -0.2) is 4.98 Å². The normalized spacial score (nSPS) is 13.9. The second kappa shape index (κ2) is 3.48. The number of fused-ring (bicyclic) bond motifs is 1. The molecule has 0 amide bonds. The number of nitrogens with zero attached hydrogens (tertiary/aromatic N) is 3. The molecular formula is C12H11N3O. The molecule has 0 saturated carbocycles. The topological polar surface area (TPSA) is 38.1 Å². The third-order valence-electron chi connectivity index (χ3n) is 2.77. The summed E-state index contributed by atoms with van der Waals surface area (Å²) in [7, 11) is 0. The van der Waals surface area contributed by atoms with Gasteiger partial charge in [0, 0.05) is 31.0 Å². The lowest BCUT2D eigenvalue weighted by Gasteiger charge is -2.16. The molecule has 0 aliphatic carbocycles. The first-order valence-electron chi connectivity index (χ1n) is 5.25. The van der Waals surface area contributed by atoms with Gasteiger partial charge in [0.15, 0.2) is 0 Å². The number of benzene rings is 1. The van der Waals surface area contributed by atoms with Crippen molar-refractivity contribution >= 4 is 11.6 Å². The van der Waals surface area contributed by atoms with Crippen LogP contribution in [0.5, 0.6) is 0 Å². The van der Waals surface area contributed by atoms with Crippen molar-refractivity contribution in [2.75, 3.05) is 11.4 Å². The van der Waals surface area contributed by atoms with Crippen LogP contribution in [0, 0.1) is 0 Å². The van der Waals surface area contributed by atoms with Crippen molar-refractivity contribution in [2.24, 2.45) is 0 Å². The van der Waals surface area contributed by atoms with Gasteiger partial charge in [-0.15, -0.1) is 0 Å². The van der Waals surface area contributed by atoms with E-state index in [4.69, 9.17) is 0 Å². The van der Waals surface area contributed by atoms with Gasteiger partial charge in [0.1, 0.15) is 0 Å². The fourth-order valence-electron chi connectivity index (χ4n) is 2.00. The average Bonchev–Trinajstić information content (AvgIpc) is 2.75. The van der Waals surface area contributed by atoms with Gasteiger partial charge in [0.05, 0.1) is 0 Å². The van der Waals surface area contributed by atoms with Crippen LogP contribution in [0.3, 0.4) is 0 Å². The van der Waals surface area contributed by atoms with E-state index in [2.05, 4.69) is 9.88 Å². The van der Waals surface area contributed by atoms with Gasteiger partial charge in [0.2, 0.25) is 5.95 Å². The predicted molar refractivity (Wildman–Crippen MR) is 61.9 cm³/mol. The Kier molecular flexibility index (Phi) is 1.99. The number of hydrogen-bond acceptors (Lipinski definition) is 3. The first-order valence-corrected chi connectivity index (χ1v) is 5.25. The molecule has 80 valence electrons. The molecule has 16 heavy (non-hydrogen) atoms. The Morgan fingerprint density at radius 1 is 1.06 bits per heavy atom. The van der Waals surface area contributed by atoms with Gasteiger partial charge >= 0.3 is 0 Å². The van der Waals surface area contributed by atoms with E-state index in [0.717, 1.165) is 18.2 Å². The lowest BCUT2D eigenvalue weighted by atomic mass is 10.3. The number of rotatable bonds is 1. The van der Waals surface area contributed by atoms with Gasteiger partial charge in [-0.05, 0) is 12.1 Å². The summed E-state index contributed by atoms with van der Waals surface area (Å²) < 4.78 is 1.70. The Morgan fingerprint density at radius 3 is 2.69 bits per heavy atom. The molecule has 0 fully saturated rings. The second-order valence-corrected chi connectivity index (χ2v) is 3.72. The molecule has 3 rings (SSSR count). The molecule has 0 bridgehead atoms. The van der Waals surface area contributed by atoms with E-state index in [9.17, 15) is 4.79 Å². The molecule has 1 aliphatic rings. The third-order valence-corrected chi connectivity index (χ3v) is 2.77. The number of anilines is 2. The molecule has 0 atom stereocenters. The highest BCUT2D eigenvalue weighted by Crippen LogP contribution is 2.25. The summed E-state index contributed by atoms with van der Waals surface area (Å²) in [5.74, 6) is 0.735. The van der Waals surface area contributed by atoms with Crippen LogP contribution in [0.15, 0.2) is 47.4 Å². The van der Waals surface area contributed by atoms with Gasteiger partial charge < -0.3 is 4.90 Å². The summed E-state index contributed by atoms with van der Waals surface area (Å²) in [4.78, 5) is 17.9. The first kappa shape index (κ1) is 9.15. The van der Waals surface area contributed by atoms with Crippen LogP contribution in [-0.2, 0) is 6.54 Å². The number of hydrogen-bond donors (Lipinski definition) is 0. The van der Waals surface area contributed by atoms with E-state index >= 15 is 0 Å². The smallest absolute Gasteiger partial charge is 0.254 e. The Hall–Kier alpha value is -2.10. The van der Waals surface area contributed by atoms with E-state index < -0.39 is 0 Å². The lowest BCUT2D eigenvalue weighted by Crippen LogP contribution is -2.18. The highest BCUT2D eigenvalue weighted by molar-refractivity contribution is 5.58. The molecule has 0 N–H and O–H groups in total. The number of para-hydroxylation sites is 1. The third kappa shape index (κ3) is 1.31. The van der Waals surface area contributed by atoms with Crippen molar-refractivity contribution in [3.8, 4) is 0 Å². The summed E-state index contributed by atoms with van der Waals surface area (Å²) in [6.45, 7) is 1.51. The van der Waals surface area contributed by atoms with Crippen molar-refractivity contribution in [1.82, 2.24) is 9.55 Å². The van der Waals surface area contributed by atoms with Crippen molar-refractivity contribution in [2.45, 2.75) is 6.54 Å². The average molecular weight is 213 g/mol. The lowest BCUT2D eigenvalue weighted by molar-refractivity contribution is 0.758. The minimum atomic E-state index is 0.0171. The zero-order chi connectivity index (χ0) is 11.0. The van der Waals surface area contributed by atoms with Crippen molar-refractivity contribution < 1.29 is 0 Å². The minimum Gasteiger partial charge on any atom is -0.310 e. The molecule has 0 radical (unpaired) electrons. The minimum absolute atomic E-state index is 0.0171. The number of aromatic nitrogens is 2. The molecule has 1 aliphatic heterocycles. The molecule has 4 nitrogen and oxygen atoms in total. The zero-order valence-corrected chi connectivity index (χ0v) is 8.71. The quantitative estimate of drug-likeness (QED) is 0.718. The van der Waals surface area contributed by atoms with Crippen LogP contribution < -0.4 is 10.5 Å². The summed E-state index contributed by atoms with van der Waals surface area (Å²) in [6.07, 6.45) is 1.56. The van der Waals surface area contributed by atoms with Crippen LogP contribution >= 0.6 is 0 Å². The highest BCUT2D eigenvalue weighted by atomic mass is 16.1. The van der Waals surface area contributed by atoms with Crippen LogP contribution in [0.1, 0.15) is 0 Å². The Labute approximate surface area is 92.8 Å². The standard InChI is InChI=1S/C12H11N3O/c16-11-6-7-13-12-14(8-9-15(11)12)10-4-2-1-3-5-10/h1-7H,8-9H2. The maximum Gasteiger partial charge on any atom is 0.254 e. The van der Waals surface area contributed by atoms with Crippen LogP contribution in [0.25, 0.3) is 0 Å². The first-order chi connectivity index (χ1) is 7.86. The molecule has 1 aromatic heterocycles. The van der Waals surface area contributed by atoms with Crippen LogP contribution in [0.4, 0.5) is 11.6 Å². The van der Waals surface area contributed by atoms with Crippen molar-refractivity contribution in [3.63, 3.8) is 0 Å². The summed E-state index contributed by atoms with van der Waals surface area (Å²) in [5.41, 5.74) is 1.09. The molecule has 4 heteroatoms. The van der Waals surface area contributed by atoms with E-state index in [0.29, 0.717) is 6.54 Å². The molecule has 0 spiro atoms. The van der Waals surface area contributed by atoms with E-state index in [-0.39, 0.29) is 5.56 Å². The summed E-state index contributed by atoms with van der Waals surface area (Å²) >= 11 is 0. The van der Waals surface area contributed by atoms with Gasteiger partial charge in [0.25, 0.3) is 5.56 Å². The van der Waals surface area contributed by atoms with Gasteiger partial charge in [-0.1, -0.05) is 18.2 Å². The Balaban J connectivity index is 2.11.